The summed E-state index contributed by atoms with van der Waals surface area (Å²) in [5.74, 6) is 1.03. The quantitative estimate of drug-likeness (QED) is 0.703. The highest BCUT2D eigenvalue weighted by atomic mass is 16.5. The number of carbonyl (C=O) groups is 1. The van der Waals surface area contributed by atoms with Crippen molar-refractivity contribution in [2.24, 2.45) is 29.1 Å². The average Bonchev–Trinajstić information content (AvgIpc) is 3.22. The zero-order valence-electron chi connectivity index (χ0n) is 18.3. The second-order valence-corrected chi connectivity index (χ2v) is 10.4. The van der Waals surface area contributed by atoms with E-state index in [2.05, 4.69) is 32.9 Å². The summed E-state index contributed by atoms with van der Waals surface area (Å²) in [5.41, 5.74) is 3.00. The van der Waals surface area contributed by atoms with Crippen LogP contribution in [0.2, 0.25) is 0 Å². The molecule has 1 saturated heterocycles. The van der Waals surface area contributed by atoms with Crippen LogP contribution in [0.4, 0.5) is 0 Å². The van der Waals surface area contributed by atoms with Gasteiger partial charge in [0.2, 0.25) is 0 Å². The van der Waals surface area contributed by atoms with Crippen LogP contribution < -0.4 is 0 Å². The molecule has 160 valence electrons. The van der Waals surface area contributed by atoms with Gasteiger partial charge in [0.25, 0.3) is 0 Å². The van der Waals surface area contributed by atoms with Crippen molar-refractivity contribution in [3.8, 4) is 0 Å². The standard InChI is InChI=1S/C25H36O4/c1-15(13-26)9-19-11-17(3)25(29-19)8-7-24(4)12-20-16(2)10-21(28)23(20)18(14-27)5-6-22(24)25/h5,9-10,17,19-20,22-23,26-27H,6-8,11-14H2,1-4H3/b15-9-,18-5?/t17-,19-,20+,22+,23-,24+,25-/m0/s1. The van der Waals surface area contributed by atoms with Crippen molar-refractivity contribution in [3.05, 3.63) is 34.9 Å². The minimum Gasteiger partial charge on any atom is -0.392 e. The molecule has 1 saturated carbocycles. The number of fused-ring (bicyclic) bond motifs is 3. The molecular formula is C25H36O4. The number of allylic oxidation sites excluding steroid dienone is 3. The van der Waals surface area contributed by atoms with Crippen LogP contribution in [0.3, 0.4) is 0 Å². The maximum absolute atomic E-state index is 12.6. The molecule has 29 heavy (non-hydrogen) atoms. The van der Waals surface area contributed by atoms with E-state index in [0.717, 1.165) is 43.3 Å². The molecule has 3 aliphatic carbocycles. The van der Waals surface area contributed by atoms with Gasteiger partial charge in [-0.15, -0.1) is 0 Å². The lowest BCUT2D eigenvalue weighted by molar-refractivity contribution is -0.118. The van der Waals surface area contributed by atoms with Crippen molar-refractivity contribution in [1.82, 2.24) is 0 Å². The average molecular weight is 401 g/mol. The number of aliphatic hydroxyl groups is 2. The Balaban J connectivity index is 1.69. The lowest BCUT2D eigenvalue weighted by Crippen LogP contribution is -2.44. The summed E-state index contributed by atoms with van der Waals surface area (Å²) in [4.78, 5) is 12.6. The summed E-state index contributed by atoms with van der Waals surface area (Å²) < 4.78 is 6.79. The third-order valence-corrected chi connectivity index (χ3v) is 8.58. The van der Waals surface area contributed by atoms with E-state index in [-0.39, 0.29) is 48.0 Å². The maximum atomic E-state index is 12.6. The van der Waals surface area contributed by atoms with Crippen LogP contribution in [0.5, 0.6) is 0 Å². The molecule has 0 radical (unpaired) electrons. The van der Waals surface area contributed by atoms with Crippen molar-refractivity contribution in [2.45, 2.75) is 71.5 Å². The van der Waals surface area contributed by atoms with E-state index in [1.807, 2.05) is 6.92 Å². The van der Waals surface area contributed by atoms with E-state index >= 15 is 0 Å². The smallest absolute Gasteiger partial charge is 0.163 e. The Kier molecular flexibility index (Phi) is 5.42. The predicted octanol–water partition coefficient (Wildman–Crippen LogP) is 3.98. The van der Waals surface area contributed by atoms with Gasteiger partial charge in [0, 0.05) is 0 Å². The van der Waals surface area contributed by atoms with Gasteiger partial charge in [-0.05, 0) is 86.3 Å². The van der Waals surface area contributed by atoms with Crippen LogP contribution in [0.15, 0.2) is 34.9 Å². The van der Waals surface area contributed by atoms with Gasteiger partial charge in [0.05, 0.1) is 30.8 Å². The Morgan fingerprint density at radius 1 is 1.34 bits per heavy atom. The summed E-state index contributed by atoms with van der Waals surface area (Å²) >= 11 is 0. The lowest BCUT2D eigenvalue weighted by atomic mass is 9.62. The summed E-state index contributed by atoms with van der Waals surface area (Å²) in [5, 5.41) is 19.5. The molecule has 0 aromatic heterocycles. The van der Waals surface area contributed by atoms with Crippen molar-refractivity contribution < 1.29 is 19.7 Å². The first-order valence-corrected chi connectivity index (χ1v) is 11.2. The van der Waals surface area contributed by atoms with Crippen molar-refractivity contribution >= 4 is 5.78 Å². The number of ether oxygens (including phenoxy) is 1. The predicted molar refractivity (Wildman–Crippen MR) is 113 cm³/mol. The molecule has 0 aromatic carbocycles. The van der Waals surface area contributed by atoms with Crippen LogP contribution >= 0.6 is 0 Å². The van der Waals surface area contributed by atoms with E-state index in [0.29, 0.717) is 11.8 Å². The number of ketones is 1. The van der Waals surface area contributed by atoms with Gasteiger partial charge in [0.1, 0.15) is 0 Å². The highest BCUT2D eigenvalue weighted by molar-refractivity contribution is 5.97. The van der Waals surface area contributed by atoms with E-state index in [1.165, 1.54) is 5.57 Å². The van der Waals surface area contributed by atoms with Crippen molar-refractivity contribution in [2.75, 3.05) is 13.2 Å². The van der Waals surface area contributed by atoms with Crippen molar-refractivity contribution in [1.29, 1.82) is 0 Å². The van der Waals surface area contributed by atoms with Crippen LogP contribution in [0.25, 0.3) is 0 Å². The molecule has 0 aromatic rings. The topological polar surface area (TPSA) is 66.8 Å². The third kappa shape index (κ3) is 3.28. The molecular weight excluding hydrogens is 364 g/mol. The fourth-order valence-electron chi connectivity index (χ4n) is 7.01. The molecule has 2 fully saturated rings. The normalized spacial score (nSPS) is 45.0. The van der Waals surface area contributed by atoms with Gasteiger partial charge >= 0.3 is 0 Å². The molecule has 4 rings (SSSR count). The van der Waals surface area contributed by atoms with Gasteiger partial charge in [-0.1, -0.05) is 31.6 Å². The number of rotatable bonds is 3. The summed E-state index contributed by atoms with van der Waals surface area (Å²) in [6.45, 7) is 8.78. The monoisotopic (exact) mass is 400 g/mol. The Morgan fingerprint density at radius 2 is 2.10 bits per heavy atom. The first kappa shape index (κ1) is 21.0. The van der Waals surface area contributed by atoms with Gasteiger partial charge in [-0.25, -0.2) is 0 Å². The molecule has 2 N–H and O–H groups in total. The van der Waals surface area contributed by atoms with E-state index in [9.17, 15) is 15.0 Å². The van der Waals surface area contributed by atoms with E-state index in [1.54, 1.807) is 6.08 Å². The number of aliphatic hydroxyl groups excluding tert-OH is 2. The Bertz CT molecular complexity index is 778. The van der Waals surface area contributed by atoms with E-state index < -0.39 is 0 Å². The summed E-state index contributed by atoms with van der Waals surface area (Å²) in [7, 11) is 0. The van der Waals surface area contributed by atoms with Crippen LogP contribution in [0, 0.1) is 29.1 Å². The largest absolute Gasteiger partial charge is 0.392 e. The van der Waals surface area contributed by atoms with Crippen molar-refractivity contribution in [3.63, 3.8) is 0 Å². The lowest BCUT2D eigenvalue weighted by Gasteiger charge is -2.44. The molecule has 4 heteroatoms. The Morgan fingerprint density at radius 3 is 2.79 bits per heavy atom. The Labute approximate surface area is 174 Å². The molecule has 1 aliphatic heterocycles. The first-order valence-electron chi connectivity index (χ1n) is 11.2. The van der Waals surface area contributed by atoms with Gasteiger partial charge in [0.15, 0.2) is 5.78 Å². The van der Waals surface area contributed by atoms with Crippen LogP contribution in [-0.2, 0) is 9.53 Å². The van der Waals surface area contributed by atoms with Gasteiger partial charge in [-0.3, -0.25) is 4.79 Å². The number of hydrogen-bond donors (Lipinski definition) is 2. The zero-order chi connectivity index (χ0) is 21.0. The molecule has 1 spiro atoms. The first-order chi connectivity index (χ1) is 13.7. The number of hydrogen-bond acceptors (Lipinski definition) is 4. The fourth-order valence-corrected chi connectivity index (χ4v) is 7.01. The number of carbonyl (C=O) groups excluding carboxylic acids is 1. The molecule has 7 atom stereocenters. The van der Waals surface area contributed by atoms with Crippen LogP contribution in [0.1, 0.15) is 59.8 Å². The molecule has 1 heterocycles. The highest BCUT2D eigenvalue weighted by Crippen LogP contribution is 2.63. The van der Waals surface area contributed by atoms with Gasteiger partial charge in [-0.2, -0.15) is 0 Å². The third-order valence-electron chi connectivity index (χ3n) is 8.58. The Hall–Kier alpha value is -1.23. The van der Waals surface area contributed by atoms with Crippen LogP contribution in [-0.4, -0.2) is 40.9 Å². The fraction of sp³-hybridized carbons (Fsp3) is 0.720. The minimum absolute atomic E-state index is 0.0398. The minimum atomic E-state index is -0.167. The molecule has 0 amide bonds. The maximum Gasteiger partial charge on any atom is 0.163 e. The second kappa shape index (κ2) is 7.47. The summed E-state index contributed by atoms with van der Waals surface area (Å²) in [6, 6.07) is 0. The van der Waals surface area contributed by atoms with Gasteiger partial charge < -0.3 is 14.9 Å². The second-order valence-electron chi connectivity index (χ2n) is 10.4. The molecule has 0 bridgehead atoms. The summed E-state index contributed by atoms with van der Waals surface area (Å²) in [6.07, 6.45) is 11.1. The highest BCUT2D eigenvalue weighted by Gasteiger charge is 2.61. The SMILES string of the molecule is CC1=CC(=O)[C@H]2C(CO)=CC[C@@H]3[C@](C)(CC[C@@]34O[C@@H](/C=C(/C)CO)C[C@@H]4C)C[C@H]12. The molecule has 4 nitrogen and oxygen atoms in total. The molecule has 4 aliphatic rings. The zero-order valence-corrected chi connectivity index (χ0v) is 18.3. The molecule has 0 unspecified atom stereocenters. The van der Waals surface area contributed by atoms with E-state index in [4.69, 9.17) is 4.74 Å².